The number of hydrogen-bond donors (Lipinski definition) is 1. The van der Waals surface area contributed by atoms with Crippen molar-refractivity contribution in [2.24, 2.45) is 0 Å². The molecule has 1 atom stereocenters. The molecule has 0 saturated carbocycles. The maximum atomic E-state index is 12.2. The van der Waals surface area contributed by atoms with Gasteiger partial charge in [0, 0.05) is 32.7 Å². The lowest BCUT2D eigenvalue weighted by Gasteiger charge is -2.35. The smallest absolute Gasteiger partial charge is 0.305 e. The van der Waals surface area contributed by atoms with Crippen LogP contribution in [0.1, 0.15) is 6.42 Å². The second kappa shape index (κ2) is 6.92. The van der Waals surface area contributed by atoms with Gasteiger partial charge in [0.2, 0.25) is 0 Å². The Morgan fingerprint density at radius 3 is 2.22 bits per heavy atom. The fourth-order valence-electron chi connectivity index (χ4n) is 2.01. The molecule has 0 spiro atoms. The van der Waals surface area contributed by atoms with Crippen LogP contribution in [0.2, 0.25) is 0 Å². The van der Waals surface area contributed by atoms with Crippen LogP contribution in [-0.4, -0.2) is 68.3 Å². The van der Waals surface area contributed by atoms with Gasteiger partial charge in [-0.3, -0.25) is 4.90 Å². The third-order valence-corrected chi connectivity index (χ3v) is 3.11. The fourth-order valence-corrected chi connectivity index (χ4v) is 2.01. The van der Waals surface area contributed by atoms with Crippen LogP contribution in [0.4, 0.5) is 13.2 Å². The molecule has 104 valence electrons. The number of hydrogen-bond acceptors (Lipinski definition) is 4. The average Bonchev–Trinajstić information content (AvgIpc) is 2.30. The number of piperazine rings is 1. The standard InChI is InChI=1S/C11H19F3N4/c1-16-10(8-15)2-3-17-4-6-18(7-5-17)9-11(12,13)14/h10,16H,2-7,9H2,1H3. The van der Waals surface area contributed by atoms with E-state index in [1.54, 1.807) is 7.05 Å². The van der Waals surface area contributed by atoms with E-state index in [9.17, 15) is 13.2 Å². The highest BCUT2D eigenvalue weighted by Gasteiger charge is 2.32. The van der Waals surface area contributed by atoms with Gasteiger partial charge in [-0.15, -0.1) is 0 Å². The van der Waals surface area contributed by atoms with Gasteiger partial charge in [-0.1, -0.05) is 0 Å². The summed E-state index contributed by atoms with van der Waals surface area (Å²) in [6.45, 7) is 2.08. The summed E-state index contributed by atoms with van der Waals surface area (Å²) in [4.78, 5) is 3.53. The van der Waals surface area contributed by atoms with Gasteiger partial charge in [0.05, 0.1) is 18.7 Å². The maximum absolute atomic E-state index is 12.2. The third kappa shape index (κ3) is 5.67. The molecule has 1 aliphatic heterocycles. The van der Waals surface area contributed by atoms with E-state index in [1.807, 2.05) is 0 Å². The largest absolute Gasteiger partial charge is 0.401 e. The van der Waals surface area contributed by atoms with Crippen molar-refractivity contribution >= 4 is 0 Å². The van der Waals surface area contributed by atoms with Crippen LogP contribution in [-0.2, 0) is 0 Å². The van der Waals surface area contributed by atoms with E-state index in [0.29, 0.717) is 32.6 Å². The summed E-state index contributed by atoms with van der Waals surface area (Å²) in [5.74, 6) is 0. The van der Waals surface area contributed by atoms with E-state index >= 15 is 0 Å². The van der Waals surface area contributed by atoms with Crippen LogP contribution in [0.3, 0.4) is 0 Å². The van der Waals surface area contributed by atoms with Crippen LogP contribution in [0.25, 0.3) is 0 Å². The molecule has 0 aromatic heterocycles. The van der Waals surface area contributed by atoms with Gasteiger partial charge in [0.1, 0.15) is 0 Å². The average molecular weight is 264 g/mol. The highest BCUT2D eigenvalue weighted by Crippen LogP contribution is 2.17. The molecule has 0 aromatic rings. The minimum atomic E-state index is -4.11. The maximum Gasteiger partial charge on any atom is 0.401 e. The van der Waals surface area contributed by atoms with E-state index in [1.165, 1.54) is 4.90 Å². The minimum Gasteiger partial charge on any atom is -0.305 e. The van der Waals surface area contributed by atoms with Crippen LogP contribution in [0, 0.1) is 11.3 Å². The van der Waals surface area contributed by atoms with E-state index in [2.05, 4.69) is 16.3 Å². The molecule has 1 rings (SSSR count). The van der Waals surface area contributed by atoms with E-state index < -0.39 is 12.7 Å². The number of nitrogens with zero attached hydrogens (tertiary/aromatic N) is 3. The Morgan fingerprint density at radius 1 is 1.22 bits per heavy atom. The molecule has 1 aliphatic rings. The predicted molar refractivity (Wildman–Crippen MR) is 62.0 cm³/mol. The van der Waals surface area contributed by atoms with Gasteiger partial charge in [-0.2, -0.15) is 18.4 Å². The number of halogens is 3. The van der Waals surface area contributed by atoms with Crippen molar-refractivity contribution in [3.05, 3.63) is 0 Å². The van der Waals surface area contributed by atoms with Gasteiger partial charge in [0.15, 0.2) is 0 Å². The first kappa shape index (κ1) is 15.2. The monoisotopic (exact) mass is 264 g/mol. The zero-order valence-electron chi connectivity index (χ0n) is 10.5. The van der Waals surface area contributed by atoms with Gasteiger partial charge in [0.25, 0.3) is 0 Å². The molecule has 1 N–H and O–H groups in total. The van der Waals surface area contributed by atoms with Gasteiger partial charge in [-0.05, 0) is 13.5 Å². The van der Waals surface area contributed by atoms with Crippen molar-refractivity contribution < 1.29 is 13.2 Å². The molecule has 0 amide bonds. The van der Waals surface area contributed by atoms with E-state index in [-0.39, 0.29) is 6.04 Å². The predicted octanol–water partition coefficient (Wildman–Crippen LogP) is 0.668. The van der Waals surface area contributed by atoms with Crippen molar-refractivity contribution in [3.63, 3.8) is 0 Å². The second-order valence-electron chi connectivity index (χ2n) is 4.49. The summed E-state index contributed by atoms with van der Waals surface area (Å²) < 4.78 is 36.5. The minimum absolute atomic E-state index is 0.182. The summed E-state index contributed by atoms with van der Waals surface area (Å²) in [6.07, 6.45) is -3.41. The molecule has 18 heavy (non-hydrogen) atoms. The Labute approximate surface area is 105 Å². The van der Waals surface area contributed by atoms with Crippen molar-refractivity contribution in [3.8, 4) is 6.07 Å². The lowest BCUT2D eigenvalue weighted by atomic mass is 10.2. The Kier molecular flexibility index (Phi) is 5.85. The lowest BCUT2D eigenvalue weighted by molar-refractivity contribution is -0.149. The highest BCUT2D eigenvalue weighted by atomic mass is 19.4. The first-order valence-electron chi connectivity index (χ1n) is 6.03. The molecule has 1 heterocycles. The Balaban J connectivity index is 2.22. The molecular formula is C11H19F3N4. The third-order valence-electron chi connectivity index (χ3n) is 3.11. The Bertz CT molecular complexity index is 279. The topological polar surface area (TPSA) is 42.3 Å². The molecule has 0 aromatic carbocycles. The summed E-state index contributed by atoms with van der Waals surface area (Å²) in [6, 6.07) is 1.95. The SMILES string of the molecule is CNC(C#N)CCN1CCN(CC(F)(F)F)CC1. The van der Waals surface area contributed by atoms with Crippen LogP contribution < -0.4 is 5.32 Å². The number of nitriles is 1. The first-order chi connectivity index (χ1) is 8.44. The molecular weight excluding hydrogens is 245 g/mol. The Morgan fingerprint density at radius 2 is 1.78 bits per heavy atom. The summed E-state index contributed by atoms with van der Waals surface area (Å²) in [5, 5.41) is 11.6. The van der Waals surface area contributed by atoms with Crippen molar-refractivity contribution in [2.75, 3.05) is 46.3 Å². The lowest BCUT2D eigenvalue weighted by Crippen LogP contribution is -2.49. The molecule has 0 radical (unpaired) electrons. The van der Waals surface area contributed by atoms with Crippen LogP contribution in [0.15, 0.2) is 0 Å². The molecule has 1 fully saturated rings. The quantitative estimate of drug-likeness (QED) is 0.792. The normalized spacial score (nSPS) is 20.6. The summed E-state index contributed by atoms with van der Waals surface area (Å²) in [5.41, 5.74) is 0. The van der Waals surface area contributed by atoms with Crippen LogP contribution >= 0.6 is 0 Å². The molecule has 7 heteroatoms. The van der Waals surface area contributed by atoms with Crippen molar-refractivity contribution in [2.45, 2.75) is 18.6 Å². The zero-order chi connectivity index (χ0) is 13.6. The number of nitrogens with one attached hydrogen (secondary N) is 1. The highest BCUT2D eigenvalue weighted by molar-refractivity contribution is 4.89. The van der Waals surface area contributed by atoms with Gasteiger partial charge >= 0.3 is 6.18 Å². The molecule has 0 aliphatic carbocycles. The number of alkyl halides is 3. The molecule has 1 saturated heterocycles. The molecule has 1 unspecified atom stereocenters. The first-order valence-corrected chi connectivity index (χ1v) is 6.03. The zero-order valence-corrected chi connectivity index (χ0v) is 10.5. The van der Waals surface area contributed by atoms with Crippen LogP contribution in [0.5, 0.6) is 0 Å². The summed E-state index contributed by atoms with van der Waals surface area (Å²) >= 11 is 0. The molecule has 4 nitrogen and oxygen atoms in total. The molecule has 0 bridgehead atoms. The second-order valence-corrected chi connectivity index (χ2v) is 4.49. The van der Waals surface area contributed by atoms with E-state index in [0.717, 1.165) is 6.54 Å². The van der Waals surface area contributed by atoms with Crippen molar-refractivity contribution in [1.82, 2.24) is 15.1 Å². The summed E-state index contributed by atoms with van der Waals surface area (Å²) in [7, 11) is 1.73. The number of rotatable bonds is 5. The fraction of sp³-hybridized carbons (Fsp3) is 0.909. The Hall–Kier alpha value is -0.840. The van der Waals surface area contributed by atoms with E-state index in [4.69, 9.17) is 5.26 Å². The van der Waals surface area contributed by atoms with Gasteiger partial charge < -0.3 is 10.2 Å². The van der Waals surface area contributed by atoms with Gasteiger partial charge in [-0.25, -0.2) is 0 Å². The van der Waals surface area contributed by atoms with Crippen molar-refractivity contribution in [1.29, 1.82) is 5.26 Å².